The molecule has 88 valence electrons. The van der Waals surface area contributed by atoms with Crippen molar-refractivity contribution >= 4 is 22.9 Å². The normalized spacial score (nSPS) is 10.2. The van der Waals surface area contributed by atoms with E-state index in [0.717, 1.165) is 18.2 Å². The first-order chi connectivity index (χ1) is 8.15. The van der Waals surface area contributed by atoms with E-state index in [2.05, 4.69) is 10.3 Å². The maximum absolute atomic E-state index is 13.2. The smallest absolute Gasteiger partial charge is 0.230 e. The Bertz CT molecular complexity index is 528. The van der Waals surface area contributed by atoms with Gasteiger partial charge in [0.15, 0.2) is 0 Å². The van der Waals surface area contributed by atoms with Crippen LogP contribution in [-0.2, 0) is 11.2 Å². The lowest BCUT2D eigenvalue weighted by Crippen LogP contribution is -2.15. The van der Waals surface area contributed by atoms with Gasteiger partial charge < -0.3 is 5.32 Å². The average Bonchev–Trinajstić information content (AvgIpc) is 2.76. The Labute approximate surface area is 100 Å². The van der Waals surface area contributed by atoms with Crippen LogP contribution in [0.2, 0.25) is 0 Å². The SMILES string of the molecule is O=C(Cc1cscn1)Nc1cc(F)ccc1F. The lowest BCUT2D eigenvalue weighted by molar-refractivity contribution is -0.115. The summed E-state index contributed by atoms with van der Waals surface area (Å²) >= 11 is 1.37. The number of nitrogens with one attached hydrogen (secondary N) is 1. The van der Waals surface area contributed by atoms with Crippen LogP contribution in [0.15, 0.2) is 29.1 Å². The van der Waals surface area contributed by atoms with Crippen molar-refractivity contribution in [2.75, 3.05) is 5.32 Å². The van der Waals surface area contributed by atoms with Crippen molar-refractivity contribution in [1.82, 2.24) is 4.98 Å². The minimum absolute atomic E-state index is 0.0411. The lowest BCUT2D eigenvalue weighted by Gasteiger charge is -2.05. The molecule has 17 heavy (non-hydrogen) atoms. The molecule has 0 spiro atoms. The zero-order valence-electron chi connectivity index (χ0n) is 8.61. The van der Waals surface area contributed by atoms with E-state index in [0.29, 0.717) is 5.69 Å². The number of nitrogens with zero attached hydrogens (tertiary/aromatic N) is 1. The van der Waals surface area contributed by atoms with Crippen molar-refractivity contribution in [3.8, 4) is 0 Å². The van der Waals surface area contributed by atoms with E-state index in [1.807, 2.05) is 0 Å². The Morgan fingerprint density at radius 3 is 2.94 bits per heavy atom. The van der Waals surface area contributed by atoms with Gasteiger partial charge in [0.25, 0.3) is 0 Å². The fourth-order valence-corrected chi connectivity index (χ4v) is 1.84. The van der Waals surface area contributed by atoms with E-state index < -0.39 is 17.5 Å². The maximum Gasteiger partial charge on any atom is 0.230 e. The van der Waals surface area contributed by atoms with Crippen LogP contribution < -0.4 is 5.32 Å². The number of benzene rings is 1. The van der Waals surface area contributed by atoms with Gasteiger partial charge in [-0.25, -0.2) is 13.8 Å². The zero-order valence-corrected chi connectivity index (χ0v) is 9.43. The molecular formula is C11H8F2N2OS. The van der Waals surface area contributed by atoms with Gasteiger partial charge in [-0.2, -0.15) is 0 Å². The molecule has 1 aromatic heterocycles. The van der Waals surface area contributed by atoms with Crippen molar-refractivity contribution in [2.45, 2.75) is 6.42 Å². The number of hydrogen-bond donors (Lipinski definition) is 1. The summed E-state index contributed by atoms with van der Waals surface area (Å²) in [6.07, 6.45) is 0.0411. The van der Waals surface area contributed by atoms with Crippen LogP contribution in [-0.4, -0.2) is 10.9 Å². The van der Waals surface area contributed by atoms with E-state index in [-0.39, 0.29) is 12.1 Å². The van der Waals surface area contributed by atoms with Crippen LogP contribution in [0.25, 0.3) is 0 Å². The van der Waals surface area contributed by atoms with Gasteiger partial charge in [0.1, 0.15) is 11.6 Å². The summed E-state index contributed by atoms with van der Waals surface area (Å²) in [5.74, 6) is -1.70. The summed E-state index contributed by atoms with van der Waals surface area (Å²) in [5.41, 5.74) is 2.04. The Kier molecular flexibility index (Phi) is 3.43. The number of hydrogen-bond acceptors (Lipinski definition) is 3. The van der Waals surface area contributed by atoms with Crippen LogP contribution in [0, 0.1) is 11.6 Å². The van der Waals surface area contributed by atoms with Crippen molar-refractivity contribution in [2.24, 2.45) is 0 Å². The standard InChI is InChI=1S/C11H8F2N2OS/c12-7-1-2-9(13)10(3-7)15-11(16)4-8-5-17-6-14-8/h1-3,5-6H,4H2,(H,15,16). The summed E-state index contributed by atoms with van der Waals surface area (Å²) in [4.78, 5) is 15.4. The van der Waals surface area contributed by atoms with Crippen LogP contribution in [0.3, 0.4) is 0 Å². The van der Waals surface area contributed by atoms with Gasteiger partial charge in [-0.1, -0.05) is 0 Å². The topological polar surface area (TPSA) is 42.0 Å². The second-order valence-corrected chi connectivity index (χ2v) is 4.05. The molecular weight excluding hydrogens is 246 g/mol. The van der Waals surface area contributed by atoms with Crippen LogP contribution in [0.4, 0.5) is 14.5 Å². The number of anilines is 1. The number of aromatic nitrogens is 1. The molecule has 0 aliphatic carbocycles. The minimum Gasteiger partial charge on any atom is -0.323 e. The van der Waals surface area contributed by atoms with E-state index in [1.165, 1.54) is 11.3 Å². The lowest BCUT2D eigenvalue weighted by atomic mass is 10.2. The number of carbonyl (C=O) groups excluding carboxylic acids is 1. The summed E-state index contributed by atoms with van der Waals surface area (Å²) in [7, 11) is 0. The molecule has 0 bridgehead atoms. The molecule has 0 aliphatic rings. The highest BCUT2D eigenvalue weighted by Crippen LogP contribution is 2.15. The number of rotatable bonds is 3. The molecule has 2 rings (SSSR count). The second kappa shape index (κ2) is 5.01. The largest absolute Gasteiger partial charge is 0.323 e. The molecule has 6 heteroatoms. The Hall–Kier alpha value is -1.82. The van der Waals surface area contributed by atoms with E-state index in [1.54, 1.807) is 10.9 Å². The third kappa shape index (κ3) is 3.07. The third-order valence-electron chi connectivity index (χ3n) is 2.03. The summed E-state index contributed by atoms with van der Waals surface area (Å²) in [6.45, 7) is 0. The minimum atomic E-state index is -0.668. The first-order valence-corrected chi connectivity index (χ1v) is 5.71. The van der Waals surface area contributed by atoms with E-state index in [4.69, 9.17) is 0 Å². The molecule has 0 fully saturated rings. The number of thiazole rings is 1. The van der Waals surface area contributed by atoms with Gasteiger partial charge in [-0.15, -0.1) is 11.3 Å². The molecule has 1 N–H and O–H groups in total. The molecule has 1 amide bonds. The van der Waals surface area contributed by atoms with Crippen molar-refractivity contribution in [3.63, 3.8) is 0 Å². The van der Waals surface area contributed by atoms with Crippen molar-refractivity contribution < 1.29 is 13.6 Å². The maximum atomic E-state index is 13.2. The number of amides is 1. The summed E-state index contributed by atoms with van der Waals surface area (Å²) in [5, 5.41) is 4.02. The molecule has 1 heterocycles. The molecule has 0 aliphatic heterocycles. The first-order valence-electron chi connectivity index (χ1n) is 4.77. The highest BCUT2D eigenvalue weighted by molar-refractivity contribution is 7.07. The second-order valence-electron chi connectivity index (χ2n) is 3.33. The first kappa shape index (κ1) is 11.7. The molecule has 0 saturated carbocycles. The van der Waals surface area contributed by atoms with Crippen molar-refractivity contribution in [3.05, 3.63) is 46.4 Å². The highest BCUT2D eigenvalue weighted by atomic mass is 32.1. The van der Waals surface area contributed by atoms with E-state index >= 15 is 0 Å². The van der Waals surface area contributed by atoms with Crippen LogP contribution in [0.1, 0.15) is 5.69 Å². The Balaban J connectivity index is 2.05. The molecule has 0 saturated heterocycles. The molecule has 2 aromatic rings. The monoisotopic (exact) mass is 254 g/mol. The molecule has 0 atom stereocenters. The predicted octanol–water partition coefficient (Wildman–Crippen LogP) is 2.60. The molecule has 0 radical (unpaired) electrons. The highest BCUT2D eigenvalue weighted by Gasteiger charge is 2.09. The summed E-state index contributed by atoms with van der Waals surface area (Å²) in [6, 6.07) is 2.90. The predicted molar refractivity (Wildman–Crippen MR) is 60.8 cm³/mol. The van der Waals surface area contributed by atoms with Gasteiger partial charge in [-0.05, 0) is 12.1 Å². The quantitative estimate of drug-likeness (QED) is 0.914. The van der Waals surface area contributed by atoms with Crippen LogP contribution >= 0.6 is 11.3 Å². The van der Waals surface area contributed by atoms with Gasteiger partial charge in [0.2, 0.25) is 5.91 Å². The van der Waals surface area contributed by atoms with Gasteiger partial charge in [0.05, 0.1) is 23.3 Å². The van der Waals surface area contributed by atoms with Crippen LogP contribution in [0.5, 0.6) is 0 Å². The fraction of sp³-hybridized carbons (Fsp3) is 0.0909. The fourth-order valence-electron chi connectivity index (χ4n) is 1.28. The van der Waals surface area contributed by atoms with Gasteiger partial charge in [-0.3, -0.25) is 4.79 Å². The Morgan fingerprint density at radius 2 is 2.24 bits per heavy atom. The summed E-state index contributed by atoms with van der Waals surface area (Å²) < 4.78 is 26.1. The molecule has 3 nitrogen and oxygen atoms in total. The molecule has 0 unspecified atom stereocenters. The van der Waals surface area contributed by atoms with Gasteiger partial charge >= 0.3 is 0 Å². The number of halogens is 2. The van der Waals surface area contributed by atoms with E-state index in [9.17, 15) is 13.6 Å². The molecule has 1 aromatic carbocycles. The zero-order chi connectivity index (χ0) is 12.3. The number of carbonyl (C=O) groups is 1. The third-order valence-corrected chi connectivity index (χ3v) is 2.66. The average molecular weight is 254 g/mol. The van der Waals surface area contributed by atoms with Gasteiger partial charge in [0, 0.05) is 11.4 Å². The van der Waals surface area contributed by atoms with Crippen molar-refractivity contribution in [1.29, 1.82) is 0 Å². The Morgan fingerprint density at radius 1 is 1.41 bits per heavy atom.